The number of rotatable bonds is 4. The lowest BCUT2D eigenvalue weighted by Gasteiger charge is -2.09. The Morgan fingerprint density at radius 3 is 2.82 bits per heavy atom. The summed E-state index contributed by atoms with van der Waals surface area (Å²) < 4.78 is 9.76. The van der Waals surface area contributed by atoms with Gasteiger partial charge in [-0.15, -0.1) is 0 Å². The number of aromatic nitrogens is 2. The van der Waals surface area contributed by atoms with Crippen LogP contribution in [0, 0.1) is 18.3 Å². The van der Waals surface area contributed by atoms with Gasteiger partial charge in [0.1, 0.15) is 5.82 Å². The zero-order chi connectivity index (χ0) is 12.8. The van der Waals surface area contributed by atoms with Crippen LogP contribution in [-0.4, -0.2) is 29.7 Å². The van der Waals surface area contributed by atoms with E-state index in [1.165, 1.54) is 13.2 Å². The molecule has 0 aromatic carbocycles. The maximum Gasteiger partial charge on any atom is 0.329 e. The van der Waals surface area contributed by atoms with Crippen LogP contribution in [0.4, 0.5) is 0 Å². The number of nitriles is 1. The lowest BCUT2D eigenvalue weighted by atomic mass is 10.1. The molecule has 0 aliphatic carbocycles. The molecule has 6 nitrogen and oxygen atoms in total. The highest BCUT2D eigenvalue weighted by Gasteiger charge is 2.24. The number of hydrogen-bond acceptors (Lipinski definition) is 6. The van der Waals surface area contributed by atoms with Gasteiger partial charge in [-0.2, -0.15) is 10.2 Å². The first-order chi connectivity index (χ1) is 8.12. The molecule has 0 saturated heterocycles. The van der Waals surface area contributed by atoms with Crippen LogP contribution in [0.1, 0.15) is 24.4 Å². The molecule has 0 amide bonds. The summed E-state index contributed by atoms with van der Waals surface area (Å²) in [5.41, 5.74) is 0.287. The maximum atomic E-state index is 11.5. The third kappa shape index (κ3) is 3.14. The SMILES string of the molecule is CCOC(=O)C(C#N)c1cc(OC)nc(C)n1. The van der Waals surface area contributed by atoms with E-state index < -0.39 is 11.9 Å². The number of carbonyl (C=O) groups excluding carboxylic acids is 1. The van der Waals surface area contributed by atoms with Crippen molar-refractivity contribution in [2.24, 2.45) is 0 Å². The molecule has 1 heterocycles. The number of hydrogen-bond donors (Lipinski definition) is 0. The molecular formula is C11H13N3O3. The molecule has 0 spiro atoms. The molecule has 17 heavy (non-hydrogen) atoms. The van der Waals surface area contributed by atoms with Crippen LogP contribution in [0.5, 0.6) is 5.88 Å². The van der Waals surface area contributed by atoms with Gasteiger partial charge >= 0.3 is 5.97 Å². The Bertz CT molecular complexity index is 454. The number of carbonyl (C=O) groups is 1. The first kappa shape index (κ1) is 12.9. The fourth-order valence-electron chi connectivity index (χ4n) is 1.28. The van der Waals surface area contributed by atoms with Crippen LogP contribution in [0.25, 0.3) is 0 Å². The minimum absolute atomic E-state index is 0.220. The molecule has 0 radical (unpaired) electrons. The van der Waals surface area contributed by atoms with Crippen molar-refractivity contribution in [3.05, 3.63) is 17.6 Å². The summed E-state index contributed by atoms with van der Waals surface area (Å²) in [5.74, 6) is -0.915. The molecule has 0 saturated carbocycles. The van der Waals surface area contributed by atoms with Crippen LogP contribution >= 0.6 is 0 Å². The molecule has 1 rings (SSSR count). The monoisotopic (exact) mass is 235 g/mol. The lowest BCUT2D eigenvalue weighted by Crippen LogP contribution is -2.16. The normalized spacial score (nSPS) is 11.4. The van der Waals surface area contributed by atoms with E-state index >= 15 is 0 Å². The second-order valence-electron chi connectivity index (χ2n) is 3.20. The molecule has 0 aliphatic rings. The average molecular weight is 235 g/mol. The molecule has 1 aromatic rings. The van der Waals surface area contributed by atoms with Crippen LogP contribution in [0.3, 0.4) is 0 Å². The molecule has 0 bridgehead atoms. The summed E-state index contributed by atoms with van der Waals surface area (Å²) in [6.07, 6.45) is 0. The van der Waals surface area contributed by atoms with Crippen molar-refractivity contribution in [2.75, 3.05) is 13.7 Å². The Kier molecular flexibility index (Phi) is 4.40. The number of aryl methyl sites for hydroxylation is 1. The lowest BCUT2D eigenvalue weighted by molar-refractivity contribution is -0.143. The van der Waals surface area contributed by atoms with Gasteiger partial charge in [-0.05, 0) is 13.8 Å². The van der Waals surface area contributed by atoms with Crippen LogP contribution < -0.4 is 4.74 Å². The molecule has 0 N–H and O–H groups in total. The first-order valence-corrected chi connectivity index (χ1v) is 5.08. The summed E-state index contributed by atoms with van der Waals surface area (Å²) in [6, 6.07) is 3.32. The number of nitrogens with zero attached hydrogens (tertiary/aromatic N) is 3. The topological polar surface area (TPSA) is 85.1 Å². The summed E-state index contributed by atoms with van der Waals surface area (Å²) in [5, 5.41) is 8.98. The summed E-state index contributed by atoms with van der Waals surface area (Å²) in [7, 11) is 1.46. The van der Waals surface area contributed by atoms with Gasteiger partial charge in [0.25, 0.3) is 0 Å². The van der Waals surface area contributed by atoms with Crippen LogP contribution in [-0.2, 0) is 9.53 Å². The van der Waals surface area contributed by atoms with Gasteiger partial charge in [0, 0.05) is 6.07 Å². The highest BCUT2D eigenvalue weighted by molar-refractivity contribution is 5.80. The van der Waals surface area contributed by atoms with Crippen LogP contribution in [0.2, 0.25) is 0 Å². The molecule has 0 fully saturated rings. The van der Waals surface area contributed by atoms with Gasteiger partial charge in [-0.1, -0.05) is 0 Å². The molecular weight excluding hydrogens is 222 g/mol. The Hall–Kier alpha value is -2.16. The standard InChI is InChI=1S/C11H13N3O3/c1-4-17-11(15)8(6-12)9-5-10(16-3)14-7(2)13-9/h5,8H,4H2,1-3H3. The van der Waals surface area contributed by atoms with Crippen molar-refractivity contribution >= 4 is 5.97 Å². The van der Waals surface area contributed by atoms with Gasteiger partial charge in [-0.25, -0.2) is 4.98 Å². The minimum atomic E-state index is -1.05. The van der Waals surface area contributed by atoms with E-state index in [9.17, 15) is 4.79 Å². The van der Waals surface area contributed by atoms with E-state index in [0.717, 1.165) is 0 Å². The second-order valence-corrected chi connectivity index (χ2v) is 3.20. The Balaban J connectivity index is 3.08. The van der Waals surface area contributed by atoms with Gasteiger partial charge < -0.3 is 9.47 Å². The maximum absolute atomic E-state index is 11.5. The fourth-order valence-corrected chi connectivity index (χ4v) is 1.28. The van der Waals surface area contributed by atoms with E-state index in [2.05, 4.69) is 9.97 Å². The van der Waals surface area contributed by atoms with Gasteiger partial charge in [0.15, 0.2) is 5.92 Å². The summed E-state index contributed by atoms with van der Waals surface area (Å²) in [6.45, 7) is 3.56. The van der Waals surface area contributed by atoms with E-state index in [0.29, 0.717) is 11.7 Å². The quantitative estimate of drug-likeness (QED) is 0.723. The van der Waals surface area contributed by atoms with Crippen molar-refractivity contribution < 1.29 is 14.3 Å². The van der Waals surface area contributed by atoms with Crippen molar-refractivity contribution in [3.63, 3.8) is 0 Å². The fraction of sp³-hybridized carbons (Fsp3) is 0.455. The van der Waals surface area contributed by atoms with E-state index in [1.807, 2.05) is 6.07 Å². The van der Waals surface area contributed by atoms with Gasteiger partial charge in [-0.3, -0.25) is 4.79 Å². The molecule has 1 unspecified atom stereocenters. The Labute approximate surface area is 99.2 Å². The third-order valence-corrected chi connectivity index (χ3v) is 1.99. The van der Waals surface area contributed by atoms with Crippen LogP contribution in [0.15, 0.2) is 6.07 Å². The highest BCUT2D eigenvalue weighted by atomic mass is 16.5. The zero-order valence-electron chi connectivity index (χ0n) is 9.93. The van der Waals surface area contributed by atoms with E-state index in [1.54, 1.807) is 13.8 Å². The van der Waals surface area contributed by atoms with Gasteiger partial charge in [0.05, 0.1) is 25.5 Å². The number of esters is 1. The second kappa shape index (κ2) is 5.80. The summed E-state index contributed by atoms with van der Waals surface area (Å²) >= 11 is 0. The smallest absolute Gasteiger partial charge is 0.329 e. The number of ether oxygens (including phenoxy) is 2. The average Bonchev–Trinajstić information content (AvgIpc) is 2.29. The molecule has 6 heteroatoms. The van der Waals surface area contributed by atoms with Crippen molar-refractivity contribution in [1.82, 2.24) is 9.97 Å². The minimum Gasteiger partial charge on any atom is -0.481 e. The Morgan fingerprint density at radius 2 is 2.29 bits per heavy atom. The molecule has 0 aliphatic heterocycles. The van der Waals surface area contributed by atoms with E-state index in [-0.39, 0.29) is 12.3 Å². The third-order valence-electron chi connectivity index (χ3n) is 1.99. The zero-order valence-corrected chi connectivity index (χ0v) is 9.93. The van der Waals surface area contributed by atoms with Crippen molar-refractivity contribution in [1.29, 1.82) is 5.26 Å². The highest BCUT2D eigenvalue weighted by Crippen LogP contribution is 2.18. The Morgan fingerprint density at radius 1 is 1.59 bits per heavy atom. The van der Waals surface area contributed by atoms with Crippen molar-refractivity contribution in [3.8, 4) is 11.9 Å². The first-order valence-electron chi connectivity index (χ1n) is 5.08. The van der Waals surface area contributed by atoms with Crippen molar-refractivity contribution in [2.45, 2.75) is 19.8 Å². The summed E-state index contributed by atoms with van der Waals surface area (Å²) in [4.78, 5) is 19.6. The van der Waals surface area contributed by atoms with E-state index in [4.69, 9.17) is 14.7 Å². The molecule has 90 valence electrons. The predicted molar refractivity (Wildman–Crippen MR) is 58.3 cm³/mol. The predicted octanol–water partition coefficient (Wildman–Crippen LogP) is 0.964. The molecule has 1 aromatic heterocycles. The molecule has 1 atom stereocenters. The van der Waals surface area contributed by atoms with Gasteiger partial charge in [0.2, 0.25) is 5.88 Å². The number of methoxy groups -OCH3 is 1. The largest absolute Gasteiger partial charge is 0.481 e.